The molecule has 5 heteroatoms. The molecule has 0 spiro atoms. The van der Waals surface area contributed by atoms with Gasteiger partial charge in [-0.2, -0.15) is 0 Å². The van der Waals surface area contributed by atoms with E-state index in [9.17, 15) is 0 Å². The van der Waals surface area contributed by atoms with Gasteiger partial charge in [-0.05, 0) is 6.07 Å². The third-order valence-corrected chi connectivity index (χ3v) is 4.06. The lowest BCUT2D eigenvalue weighted by molar-refractivity contribution is 1.12. The van der Waals surface area contributed by atoms with Gasteiger partial charge in [0.05, 0.1) is 23.1 Å². The van der Waals surface area contributed by atoms with Crippen LogP contribution in [0.25, 0.3) is 11.4 Å². The maximum atomic E-state index is 5.89. The van der Waals surface area contributed by atoms with Gasteiger partial charge in [0.15, 0.2) is 5.82 Å². The summed E-state index contributed by atoms with van der Waals surface area (Å²) in [7, 11) is 0. The molecule has 2 aromatic heterocycles. The van der Waals surface area contributed by atoms with Gasteiger partial charge in [0, 0.05) is 22.4 Å². The van der Waals surface area contributed by atoms with Crippen molar-refractivity contribution >= 4 is 28.6 Å². The van der Waals surface area contributed by atoms with Gasteiger partial charge >= 0.3 is 0 Å². The molecule has 1 N–H and O–H groups in total. The molecule has 0 bridgehead atoms. The quantitative estimate of drug-likeness (QED) is 0.772. The average Bonchev–Trinajstić information content (AvgIpc) is 2.92. The van der Waals surface area contributed by atoms with Gasteiger partial charge in [-0.15, -0.1) is 11.3 Å². The number of hydrogen-bond donors (Lipinski definition) is 1. The van der Waals surface area contributed by atoms with E-state index in [0.29, 0.717) is 0 Å². The number of thiophene rings is 1. The summed E-state index contributed by atoms with van der Waals surface area (Å²) in [6.45, 7) is 0.728. The van der Waals surface area contributed by atoms with E-state index in [1.807, 2.05) is 41.8 Å². The first kappa shape index (κ1) is 13.1. The number of nitrogens with one attached hydrogen (secondary N) is 1. The summed E-state index contributed by atoms with van der Waals surface area (Å²) in [5.74, 6) is 0.732. The highest BCUT2D eigenvalue weighted by Crippen LogP contribution is 2.20. The van der Waals surface area contributed by atoms with Crippen molar-refractivity contribution in [3.05, 3.63) is 64.1 Å². The Morgan fingerprint density at radius 2 is 1.85 bits per heavy atom. The van der Waals surface area contributed by atoms with Crippen molar-refractivity contribution in [2.45, 2.75) is 6.54 Å². The van der Waals surface area contributed by atoms with Crippen LogP contribution in [0.4, 0.5) is 5.69 Å². The van der Waals surface area contributed by atoms with Crippen molar-refractivity contribution in [3.63, 3.8) is 0 Å². The van der Waals surface area contributed by atoms with Gasteiger partial charge < -0.3 is 5.32 Å². The van der Waals surface area contributed by atoms with Crippen LogP contribution < -0.4 is 5.32 Å². The minimum absolute atomic E-state index is 0.728. The Balaban J connectivity index is 1.67. The summed E-state index contributed by atoms with van der Waals surface area (Å²) in [6.07, 6.45) is 3.59. The molecule has 0 atom stereocenters. The fraction of sp³-hybridized carbons (Fsp3) is 0.0667. The predicted molar refractivity (Wildman–Crippen MR) is 84.1 cm³/mol. The molecule has 3 nitrogen and oxygen atoms in total. The first-order valence-electron chi connectivity index (χ1n) is 6.15. The second-order valence-electron chi connectivity index (χ2n) is 4.25. The maximum Gasteiger partial charge on any atom is 0.159 e. The molecule has 100 valence electrons. The lowest BCUT2D eigenvalue weighted by Gasteiger charge is -2.05. The van der Waals surface area contributed by atoms with Crippen molar-refractivity contribution in [1.29, 1.82) is 0 Å². The van der Waals surface area contributed by atoms with Gasteiger partial charge in [0.25, 0.3) is 0 Å². The summed E-state index contributed by atoms with van der Waals surface area (Å²) in [5, 5.41) is 5.98. The lowest BCUT2D eigenvalue weighted by atomic mass is 10.2. The number of hydrogen-bond acceptors (Lipinski definition) is 4. The molecular formula is C15H12ClN3S. The number of anilines is 1. The number of aromatic nitrogens is 2. The zero-order chi connectivity index (χ0) is 13.8. The Morgan fingerprint density at radius 3 is 2.50 bits per heavy atom. The van der Waals surface area contributed by atoms with E-state index in [4.69, 9.17) is 11.6 Å². The average molecular weight is 302 g/mol. The SMILES string of the molecule is Clc1csc(CNc2cnc(-c3ccccc3)nc2)c1. The first-order valence-corrected chi connectivity index (χ1v) is 7.41. The zero-order valence-electron chi connectivity index (χ0n) is 10.6. The number of nitrogens with zero attached hydrogens (tertiary/aromatic N) is 2. The zero-order valence-corrected chi connectivity index (χ0v) is 12.2. The van der Waals surface area contributed by atoms with E-state index >= 15 is 0 Å². The first-order chi connectivity index (χ1) is 9.81. The number of benzene rings is 1. The molecule has 0 radical (unpaired) electrons. The number of halogens is 1. The third kappa shape index (κ3) is 3.15. The monoisotopic (exact) mass is 301 g/mol. The molecule has 0 unspecified atom stereocenters. The highest BCUT2D eigenvalue weighted by molar-refractivity contribution is 7.10. The fourth-order valence-corrected chi connectivity index (χ4v) is 2.80. The third-order valence-electron chi connectivity index (χ3n) is 2.77. The molecule has 2 heterocycles. The van der Waals surface area contributed by atoms with Crippen LogP contribution in [0, 0.1) is 0 Å². The minimum Gasteiger partial charge on any atom is -0.378 e. The highest BCUT2D eigenvalue weighted by atomic mass is 35.5. The molecule has 3 aromatic rings. The van der Waals surface area contributed by atoms with Crippen molar-refractivity contribution in [3.8, 4) is 11.4 Å². The Bertz CT molecular complexity index is 680. The van der Waals surface area contributed by atoms with Gasteiger partial charge in [-0.1, -0.05) is 41.9 Å². The van der Waals surface area contributed by atoms with E-state index in [-0.39, 0.29) is 0 Å². The van der Waals surface area contributed by atoms with Crippen LogP contribution >= 0.6 is 22.9 Å². The lowest BCUT2D eigenvalue weighted by Crippen LogP contribution is -1.99. The smallest absolute Gasteiger partial charge is 0.159 e. The van der Waals surface area contributed by atoms with E-state index in [0.717, 1.165) is 28.6 Å². The van der Waals surface area contributed by atoms with Crippen LogP contribution in [0.5, 0.6) is 0 Å². The molecule has 0 saturated heterocycles. The molecule has 0 fully saturated rings. The number of rotatable bonds is 4. The van der Waals surface area contributed by atoms with E-state index < -0.39 is 0 Å². The molecule has 3 rings (SSSR count). The molecular weight excluding hydrogens is 290 g/mol. The summed E-state index contributed by atoms with van der Waals surface area (Å²) in [4.78, 5) is 9.92. The maximum absolute atomic E-state index is 5.89. The van der Waals surface area contributed by atoms with Crippen LogP contribution in [0.1, 0.15) is 4.88 Å². The van der Waals surface area contributed by atoms with Crippen molar-refractivity contribution < 1.29 is 0 Å². The Morgan fingerprint density at radius 1 is 1.10 bits per heavy atom. The summed E-state index contributed by atoms with van der Waals surface area (Å²) in [6, 6.07) is 11.9. The molecule has 20 heavy (non-hydrogen) atoms. The second kappa shape index (κ2) is 6.03. The molecule has 0 aliphatic rings. The van der Waals surface area contributed by atoms with Gasteiger partial charge in [0.2, 0.25) is 0 Å². The van der Waals surface area contributed by atoms with Crippen LogP contribution in [-0.2, 0) is 6.54 Å². The van der Waals surface area contributed by atoms with Crippen molar-refractivity contribution in [2.75, 3.05) is 5.32 Å². The van der Waals surface area contributed by atoms with Crippen LogP contribution in [-0.4, -0.2) is 9.97 Å². The van der Waals surface area contributed by atoms with E-state index in [1.165, 1.54) is 4.88 Å². The molecule has 1 aromatic carbocycles. The van der Waals surface area contributed by atoms with Crippen LogP contribution in [0.3, 0.4) is 0 Å². The minimum atomic E-state index is 0.728. The molecule has 0 aliphatic carbocycles. The topological polar surface area (TPSA) is 37.8 Å². The Labute approximate surface area is 126 Å². The normalized spacial score (nSPS) is 10.4. The van der Waals surface area contributed by atoms with E-state index in [2.05, 4.69) is 15.3 Å². The van der Waals surface area contributed by atoms with Crippen LogP contribution in [0.2, 0.25) is 5.02 Å². The largest absolute Gasteiger partial charge is 0.378 e. The molecule has 0 amide bonds. The summed E-state index contributed by atoms with van der Waals surface area (Å²) >= 11 is 7.52. The fourth-order valence-electron chi connectivity index (χ4n) is 1.79. The van der Waals surface area contributed by atoms with Gasteiger partial charge in [-0.3, -0.25) is 0 Å². The molecule has 0 saturated carbocycles. The second-order valence-corrected chi connectivity index (χ2v) is 5.68. The molecule has 0 aliphatic heterocycles. The summed E-state index contributed by atoms with van der Waals surface area (Å²) in [5.41, 5.74) is 1.92. The standard InChI is InChI=1S/C15H12ClN3S/c16-12-6-14(20-10-12)9-17-13-7-18-15(19-8-13)11-4-2-1-3-5-11/h1-8,10,17H,9H2. The Kier molecular flexibility index (Phi) is 3.95. The van der Waals surface area contributed by atoms with Crippen molar-refractivity contribution in [1.82, 2.24) is 9.97 Å². The predicted octanol–water partition coefficient (Wildman–Crippen LogP) is 4.47. The summed E-state index contributed by atoms with van der Waals surface area (Å²) < 4.78 is 0. The highest BCUT2D eigenvalue weighted by Gasteiger charge is 2.01. The van der Waals surface area contributed by atoms with Gasteiger partial charge in [0.1, 0.15) is 0 Å². The van der Waals surface area contributed by atoms with Gasteiger partial charge in [-0.25, -0.2) is 9.97 Å². The Hall–Kier alpha value is -1.91. The van der Waals surface area contributed by atoms with E-state index in [1.54, 1.807) is 23.7 Å². The van der Waals surface area contributed by atoms with Crippen LogP contribution in [0.15, 0.2) is 54.2 Å². The van der Waals surface area contributed by atoms with Crippen molar-refractivity contribution in [2.24, 2.45) is 0 Å².